The molecule has 0 spiro atoms. The standard InChI is InChI=1S/C17H11Cl2FN4O2S/c18-9-2-1-3-10(6-9)22-16(26)24-17-23-14(8-27-17)15(25)21-11-4-5-13(20)12(19)7-11/h1-8H,(H,21,25)(H2,22,23,24,26). The number of amides is 3. The number of aromatic nitrogens is 1. The molecule has 0 unspecified atom stereocenters. The van der Waals surface area contributed by atoms with Crippen molar-refractivity contribution in [2.75, 3.05) is 16.0 Å². The first-order chi connectivity index (χ1) is 12.9. The second kappa shape index (κ2) is 8.34. The van der Waals surface area contributed by atoms with Crippen LogP contribution < -0.4 is 16.0 Å². The molecule has 3 N–H and O–H groups in total. The molecule has 3 aromatic rings. The van der Waals surface area contributed by atoms with Crippen molar-refractivity contribution in [3.8, 4) is 0 Å². The maximum atomic E-state index is 13.2. The van der Waals surface area contributed by atoms with Gasteiger partial charge in [-0.05, 0) is 36.4 Å². The molecule has 2 aromatic carbocycles. The molecule has 1 heterocycles. The lowest BCUT2D eigenvalue weighted by molar-refractivity contribution is 0.102. The molecule has 0 fully saturated rings. The Labute approximate surface area is 167 Å². The Kier molecular flexibility index (Phi) is 5.90. The summed E-state index contributed by atoms with van der Waals surface area (Å²) >= 11 is 12.6. The zero-order valence-electron chi connectivity index (χ0n) is 13.4. The van der Waals surface area contributed by atoms with E-state index in [2.05, 4.69) is 20.9 Å². The monoisotopic (exact) mass is 424 g/mol. The molecule has 6 nitrogen and oxygen atoms in total. The Hall–Kier alpha value is -2.68. The van der Waals surface area contributed by atoms with Crippen molar-refractivity contribution >= 4 is 63.0 Å². The fourth-order valence-electron chi connectivity index (χ4n) is 2.03. The summed E-state index contributed by atoms with van der Waals surface area (Å²) in [5, 5.41) is 9.78. The van der Waals surface area contributed by atoms with Gasteiger partial charge in [0, 0.05) is 21.8 Å². The second-order valence-electron chi connectivity index (χ2n) is 5.21. The summed E-state index contributed by atoms with van der Waals surface area (Å²) in [7, 11) is 0. The fraction of sp³-hybridized carbons (Fsp3) is 0. The highest BCUT2D eigenvalue weighted by Crippen LogP contribution is 2.21. The molecule has 27 heavy (non-hydrogen) atoms. The summed E-state index contributed by atoms with van der Waals surface area (Å²) in [6, 6.07) is 9.95. The van der Waals surface area contributed by atoms with Crippen molar-refractivity contribution in [1.82, 2.24) is 4.98 Å². The van der Waals surface area contributed by atoms with Gasteiger partial charge in [-0.15, -0.1) is 11.3 Å². The van der Waals surface area contributed by atoms with Gasteiger partial charge in [-0.1, -0.05) is 29.3 Å². The summed E-state index contributed by atoms with van der Waals surface area (Å²) in [6.07, 6.45) is 0. The molecule has 0 aliphatic carbocycles. The normalized spacial score (nSPS) is 10.3. The number of rotatable bonds is 4. The molecule has 0 saturated carbocycles. The van der Waals surface area contributed by atoms with Crippen molar-refractivity contribution < 1.29 is 14.0 Å². The van der Waals surface area contributed by atoms with Crippen molar-refractivity contribution in [1.29, 1.82) is 0 Å². The SMILES string of the molecule is O=C(Nc1cccc(Cl)c1)Nc1nc(C(=O)Nc2ccc(F)c(Cl)c2)cs1. The summed E-state index contributed by atoms with van der Waals surface area (Å²) in [6.45, 7) is 0. The highest BCUT2D eigenvalue weighted by Gasteiger charge is 2.13. The van der Waals surface area contributed by atoms with Gasteiger partial charge in [0.25, 0.3) is 5.91 Å². The highest BCUT2D eigenvalue weighted by molar-refractivity contribution is 7.14. The molecule has 0 aliphatic heterocycles. The van der Waals surface area contributed by atoms with E-state index in [4.69, 9.17) is 23.2 Å². The molecule has 0 aliphatic rings. The number of nitrogens with one attached hydrogen (secondary N) is 3. The lowest BCUT2D eigenvalue weighted by Gasteiger charge is -2.05. The van der Waals surface area contributed by atoms with Crippen LogP contribution in [-0.4, -0.2) is 16.9 Å². The minimum Gasteiger partial charge on any atom is -0.321 e. The second-order valence-corrected chi connectivity index (χ2v) is 6.91. The van der Waals surface area contributed by atoms with Crippen LogP contribution in [0.25, 0.3) is 0 Å². The van der Waals surface area contributed by atoms with Crippen LogP contribution in [0.2, 0.25) is 10.0 Å². The van der Waals surface area contributed by atoms with Crippen LogP contribution in [0.3, 0.4) is 0 Å². The molecule has 0 atom stereocenters. The predicted octanol–water partition coefficient (Wildman–Crippen LogP) is 5.49. The van der Waals surface area contributed by atoms with Gasteiger partial charge in [0.15, 0.2) is 5.13 Å². The molecule has 0 bridgehead atoms. The molecular weight excluding hydrogens is 414 g/mol. The number of hydrogen-bond donors (Lipinski definition) is 3. The van der Waals surface area contributed by atoms with Crippen LogP contribution in [0, 0.1) is 5.82 Å². The third-order valence-corrected chi connectivity index (χ3v) is 4.50. The van der Waals surface area contributed by atoms with Crippen LogP contribution >= 0.6 is 34.5 Å². The number of hydrogen-bond acceptors (Lipinski definition) is 4. The zero-order valence-corrected chi connectivity index (χ0v) is 15.8. The maximum Gasteiger partial charge on any atom is 0.325 e. The van der Waals surface area contributed by atoms with E-state index in [1.165, 1.54) is 17.5 Å². The third kappa shape index (κ3) is 5.16. The summed E-state index contributed by atoms with van der Waals surface area (Å²) in [4.78, 5) is 28.2. The van der Waals surface area contributed by atoms with Gasteiger partial charge < -0.3 is 10.6 Å². The molecule has 3 amide bonds. The molecule has 10 heteroatoms. The van der Waals surface area contributed by atoms with E-state index in [0.29, 0.717) is 16.4 Å². The van der Waals surface area contributed by atoms with Gasteiger partial charge in [-0.25, -0.2) is 14.2 Å². The van der Waals surface area contributed by atoms with Gasteiger partial charge in [0.05, 0.1) is 5.02 Å². The molecule has 3 rings (SSSR count). The highest BCUT2D eigenvalue weighted by atomic mass is 35.5. The Bertz CT molecular complexity index is 1010. The fourth-order valence-corrected chi connectivity index (χ4v) is 3.09. The number of carbonyl (C=O) groups excluding carboxylic acids is 2. The van der Waals surface area contributed by atoms with Crippen LogP contribution in [0.5, 0.6) is 0 Å². The third-order valence-electron chi connectivity index (χ3n) is 3.22. The van der Waals surface area contributed by atoms with E-state index in [1.807, 2.05) is 0 Å². The van der Waals surface area contributed by atoms with Crippen molar-refractivity contribution in [3.05, 3.63) is 69.4 Å². The molecule has 1 aromatic heterocycles. The number of nitrogens with zero attached hydrogens (tertiary/aromatic N) is 1. The maximum absolute atomic E-state index is 13.2. The largest absolute Gasteiger partial charge is 0.325 e. The van der Waals surface area contributed by atoms with Crippen molar-refractivity contribution in [2.45, 2.75) is 0 Å². The first-order valence-electron chi connectivity index (χ1n) is 7.46. The zero-order chi connectivity index (χ0) is 19.4. The Morgan fingerprint density at radius 3 is 2.52 bits per heavy atom. The van der Waals surface area contributed by atoms with E-state index in [0.717, 1.165) is 17.4 Å². The number of halogens is 3. The van der Waals surface area contributed by atoms with E-state index in [1.54, 1.807) is 24.3 Å². The Balaban J connectivity index is 1.61. The minimum atomic E-state index is -0.583. The number of anilines is 3. The van der Waals surface area contributed by atoms with Crippen LogP contribution in [0.15, 0.2) is 47.8 Å². The van der Waals surface area contributed by atoms with Gasteiger partial charge in [-0.3, -0.25) is 10.1 Å². The number of urea groups is 1. The predicted molar refractivity (Wildman–Crippen MR) is 106 cm³/mol. The van der Waals surface area contributed by atoms with E-state index >= 15 is 0 Å². The van der Waals surface area contributed by atoms with E-state index < -0.39 is 17.8 Å². The summed E-state index contributed by atoms with van der Waals surface area (Å²) in [5.41, 5.74) is 0.939. The molecule has 0 saturated heterocycles. The quantitative estimate of drug-likeness (QED) is 0.517. The van der Waals surface area contributed by atoms with E-state index in [9.17, 15) is 14.0 Å². The summed E-state index contributed by atoms with van der Waals surface area (Å²) in [5.74, 6) is -1.10. The average molecular weight is 425 g/mol. The van der Waals surface area contributed by atoms with Crippen LogP contribution in [0.4, 0.5) is 25.7 Å². The Morgan fingerprint density at radius 1 is 1.00 bits per heavy atom. The molecule has 0 radical (unpaired) electrons. The van der Waals surface area contributed by atoms with Crippen molar-refractivity contribution in [3.63, 3.8) is 0 Å². The number of carbonyl (C=O) groups is 2. The van der Waals surface area contributed by atoms with Gasteiger partial charge in [0.2, 0.25) is 0 Å². The molecule has 138 valence electrons. The topological polar surface area (TPSA) is 83.1 Å². The van der Waals surface area contributed by atoms with Crippen LogP contribution in [0.1, 0.15) is 10.5 Å². The van der Waals surface area contributed by atoms with Crippen molar-refractivity contribution in [2.24, 2.45) is 0 Å². The first-order valence-corrected chi connectivity index (χ1v) is 9.10. The Morgan fingerprint density at radius 2 is 1.78 bits per heavy atom. The van der Waals surface area contributed by atoms with Crippen LogP contribution in [-0.2, 0) is 0 Å². The van der Waals surface area contributed by atoms with E-state index in [-0.39, 0.29) is 15.8 Å². The smallest absolute Gasteiger partial charge is 0.321 e. The lowest BCUT2D eigenvalue weighted by atomic mass is 10.3. The lowest BCUT2D eigenvalue weighted by Crippen LogP contribution is -2.19. The first kappa shape index (κ1) is 19.1. The van der Waals surface area contributed by atoms with Gasteiger partial charge in [0.1, 0.15) is 11.5 Å². The van der Waals surface area contributed by atoms with Gasteiger partial charge >= 0.3 is 6.03 Å². The van der Waals surface area contributed by atoms with Gasteiger partial charge in [-0.2, -0.15) is 0 Å². The number of benzene rings is 2. The minimum absolute atomic E-state index is 0.0958. The molecular formula is C17H11Cl2FN4O2S. The average Bonchev–Trinajstić information content (AvgIpc) is 3.06. The number of thiazole rings is 1. The summed E-state index contributed by atoms with van der Waals surface area (Å²) < 4.78 is 13.2.